The first-order valence-corrected chi connectivity index (χ1v) is 6.15. The monoisotopic (exact) mass is 278 g/mol. The molecule has 6 nitrogen and oxygen atoms in total. The quantitative estimate of drug-likeness (QED) is 0.668. The van der Waals surface area contributed by atoms with Crippen molar-refractivity contribution in [3.05, 3.63) is 57.9 Å². The molecule has 2 N–H and O–H groups in total. The molecule has 0 aliphatic rings. The van der Waals surface area contributed by atoms with Crippen molar-refractivity contribution < 1.29 is 9.31 Å². The number of nitro benzene ring substituents is 1. The van der Waals surface area contributed by atoms with Crippen LogP contribution in [0.25, 0.3) is 0 Å². The summed E-state index contributed by atoms with van der Waals surface area (Å²) in [6.07, 6.45) is 4.04. The summed E-state index contributed by atoms with van der Waals surface area (Å²) in [5.41, 5.74) is 5.85. The average Bonchev–Trinajstić information content (AvgIpc) is 2.75. The number of imidazole rings is 1. The lowest BCUT2D eigenvalue weighted by molar-refractivity contribution is -0.387. The van der Waals surface area contributed by atoms with E-state index in [0.29, 0.717) is 18.5 Å². The molecule has 2 aromatic rings. The zero-order chi connectivity index (χ0) is 14.7. The summed E-state index contributed by atoms with van der Waals surface area (Å²) in [6, 6.07) is 3.86. The topological polar surface area (TPSA) is 87.0 Å². The van der Waals surface area contributed by atoms with E-state index in [4.69, 9.17) is 5.73 Å². The number of nitrogens with zero attached hydrogens (tertiary/aromatic N) is 3. The number of benzene rings is 1. The van der Waals surface area contributed by atoms with Gasteiger partial charge in [-0.05, 0) is 18.6 Å². The molecule has 0 fully saturated rings. The number of nitro groups is 1. The van der Waals surface area contributed by atoms with Crippen LogP contribution < -0.4 is 5.73 Å². The lowest BCUT2D eigenvalue weighted by Gasteiger charge is -2.10. The zero-order valence-electron chi connectivity index (χ0n) is 11.0. The van der Waals surface area contributed by atoms with Crippen LogP contribution in [0.5, 0.6) is 0 Å². The number of hydrogen-bond acceptors (Lipinski definition) is 4. The van der Waals surface area contributed by atoms with Gasteiger partial charge in [0, 0.05) is 37.5 Å². The van der Waals surface area contributed by atoms with Crippen molar-refractivity contribution >= 4 is 5.69 Å². The Morgan fingerprint density at radius 2 is 2.30 bits per heavy atom. The SMILES string of the molecule is CC(N)Cc1nccn1Cc1ccc([N+](=O)[O-])c(F)c1. The van der Waals surface area contributed by atoms with Crippen LogP contribution in [0.2, 0.25) is 0 Å². The summed E-state index contributed by atoms with van der Waals surface area (Å²) < 4.78 is 15.4. The van der Waals surface area contributed by atoms with E-state index in [2.05, 4.69) is 4.98 Å². The molecular weight excluding hydrogens is 263 g/mol. The van der Waals surface area contributed by atoms with Gasteiger partial charge in [-0.1, -0.05) is 6.07 Å². The van der Waals surface area contributed by atoms with Crippen molar-refractivity contribution in [3.63, 3.8) is 0 Å². The highest BCUT2D eigenvalue weighted by Gasteiger charge is 2.14. The molecule has 0 bridgehead atoms. The predicted molar refractivity (Wildman–Crippen MR) is 71.7 cm³/mol. The molecule has 0 aliphatic carbocycles. The molecule has 20 heavy (non-hydrogen) atoms. The number of rotatable bonds is 5. The normalized spacial score (nSPS) is 12.3. The summed E-state index contributed by atoms with van der Waals surface area (Å²) in [4.78, 5) is 14.0. The van der Waals surface area contributed by atoms with Gasteiger partial charge in [-0.3, -0.25) is 10.1 Å². The predicted octanol–water partition coefficient (Wildman–Crippen LogP) is 1.87. The highest BCUT2D eigenvalue weighted by molar-refractivity contribution is 5.35. The molecule has 1 aromatic carbocycles. The summed E-state index contributed by atoms with van der Waals surface area (Å²) in [6.45, 7) is 2.28. The smallest absolute Gasteiger partial charge is 0.304 e. The minimum Gasteiger partial charge on any atom is -0.330 e. The van der Waals surface area contributed by atoms with Crippen LogP contribution in [-0.2, 0) is 13.0 Å². The Balaban J connectivity index is 2.20. The molecule has 1 heterocycles. The molecule has 7 heteroatoms. The van der Waals surface area contributed by atoms with Gasteiger partial charge in [0.1, 0.15) is 5.82 Å². The molecule has 0 amide bonds. The van der Waals surface area contributed by atoms with Gasteiger partial charge in [0.15, 0.2) is 0 Å². The van der Waals surface area contributed by atoms with Gasteiger partial charge in [-0.25, -0.2) is 4.98 Å². The molecule has 0 saturated heterocycles. The highest BCUT2D eigenvalue weighted by Crippen LogP contribution is 2.19. The van der Waals surface area contributed by atoms with Crippen molar-refractivity contribution in [1.82, 2.24) is 9.55 Å². The van der Waals surface area contributed by atoms with E-state index in [-0.39, 0.29) is 6.04 Å². The molecule has 0 aliphatic heterocycles. The Morgan fingerprint density at radius 1 is 1.55 bits per heavy atom. The van der Waals surface area contributed by atoms with E-state index in [9.17, 15) is 14.5 Å². The van der Waals surface area contributed by atoms with E-state index in [1.165, 1.54) is 18.2 Å². The fraction of sp³-hybridized carbons (Fsp3) is 0.308. The standard InChI is InChI=1S/C13H15FN4O2/c1-9(15)6-13-16-4-5-17(13)8-10-2-3-12(18(19)20)11(14)7-10/h2-5,7,9H,6,8,15H2,1H3. The van der Waals surface area contributed by atoms with Gasteiger partial charge < -0.3 is 10.3 Å². The summed E-state index contributed by atoms with van der Waals surface area (Å²) >= 11 is 0. The second-order valence-corrected chi connectivity index (χ2v) is 4.70. The van der Waals surface area contributed by atoms with Crippen LogP contribution in [0.4, 0.5) is 10.1 Å². The first-order valence-electron chi connectivity index (χ1n) is 6.15. The average molecular weight is 278 g/mol. The summed E-state index contributed by atoms with van der Waals surface area (Å²) in [5, 5.41) is 10.6. The van der Waals surface area contributed by atoms with Gasteiger partial charge in [-0.2, -0.15) is 4.39 Å². The van der Waals surface area contributed by atoms with E-state index >= 15 is 0 Å². The maximum atomic E-state index is 13.6. The first-order chi connectivity index (χ1) is 9.47. The van der Waals surface area contributed by atoms with Crippen molar-refractivity contribution in [2.75, 3.05) is 0 Å². The van der Waals surface area contributed by atoms with E-state index < -0.39 is 16.4 Å². The second kappa shape index (κ2) is 5.79. The highest BCUT2D eigenvalue weighted by atomic mass is 19.1. The van der Waals surface area contributed by atoms with Gasteiger partial charge in [-0.15, -0.1) is 0 Å². The molecule has 0 spiro atoms. The minimum atomic E-state index is -0.832. The molecule has 106 valence electrons. The number of halogens is 1. The molecule has 1 aromatic heterocycles. The molecule has 0 radical (unpaired) electrons. The summed E-state index contributed by atoms with van der Waals surface area (Å²) in [7, 11) is 0. The largest absolute Gasteiger partial charge is 0.330 e. The van der Waals surface area contributed by atoms with Gasteiger partial charge in [0.25, 0.3) is 0 Å². The number of nitrogens with two attached hydrogens (primary N) is 1. The van der Waals surface area contributed by atoms with Crippen LogP contribution in [0.15, 0.2) is 30.6 Å². The van der Waals surface area contributed by atoms with Crippen molar-refractivity contribution in [1.29, 1.82) is 0 Å². The lowest BCUT2D eigenvalue weighted by Crippen LogP contribution is -2.20. The summed E-state index contributed by atoms with van der Waals surface area (Å²) in [5.74, 6) is -0.0277. The lowest BCUT2D eigenvalue weighted by atomic mass is 10.2. The Morgan fingerprint density at radius 3 is 2.90 bits per heavy atom. The second-order valence-electron chi connectivity index (χ2n) is 4.70. The molecule has 1 unspecified atom stereocenters. The number of aromatic nitrogens is 2. The van der Waals surface area contributed by atoms with E-state index in [0.717, 1.165) is 5.82 Å². The number of hydrogen-bond donors (Lipinski definition) is 1. The van der Waals surface area contributed by atoms with E-state index in [1.54, 1.807) is 12.4 Å². The van der Waals surface area contributed by atoms with Crippen molar-refractivity contribution in [2.45, 2.75) is 25.9 Å². The maximum absolute atomic E-state index is 13.6. The fourth-order valence-electron chi connectivity index (χ4n) is 1.96. The zero-order valence-corrected chi connectivity index (χ0v) is 11.0. The van der Waals surface area contributed by atoms with Crippen LogP contribution in [0.3, 0.4) is 0 Å². The Bertz CT molecular complexity index is 625. The van der Waals surface area contributed by atoms with Gasteiger partial charge >= 0.3 is 5.69 Å². The minimum absolute atomic E-state index is 0.0234. The molecule has 0 saturated carbocycles. The van der Waals surface area contributed by atoms with Crippen LogP contribution in [0.1, 0.15) is 18.3 Å². The van der Waals surface area contributed by atoms with Crippen LogP contribution in [0, 0.1) is 15.9 Å². The van der Waals surface area contributed by atoms with Crippen LogP contribution in [-0.4, -0.2) is 20.5 Å². The Labute approximate surface area is 115 Å². The molecule has 1 atom stereocenters. The van der Waals surface area contributed by atoms with E-state index in [1.807, 2.05) is 11.5 Å². The van der Waals surface area contributed by atoms with Gasteiger partial charge in [0.05, 0.1) is 4.92 Å². The first kappa shape index (κ1) is 14.1. The van der Waals surface area contributed by atoms with Crippen molar-refractivity contribution in [3.8, 4) is 0 Å². The van der Waals surface area contributed by atoms with Crippen LogP contribution >= 0.6 is 0 Å². The molecule has 2 rings (SSSR count). The Hall–Kier alpha value is -2.28. The third-order valence-electron chi connectivity index (χ3n) is 2.87. The molecular formula is C13H15FN4O2. The fourth-order valence-corrected chi connectivity index (χ4v) is 1.96. The van der Waals surface area contributed by atoms with Crippen molar-refractivity contribution in [2.24, 2.45) is 5.73 Å². The maximum Gasteiger partial charge on any atom is 0.304 e. The third-order valence-corrected chi connectivity index (χ3v) is 2.87. The van der Waals surface area contributed by atoms with Gasteiger partial charge in [0.2, 0.25) is 5.82 Å². The third kappa shape index (κ3) is 3.18. The Kier molecular flexibility index (Phi) is 4.09.